The van der Waals surface area contributed by atoms with Crippen LogP contribution in [0.4, 0.5) is 0 Å². The van der Waals surface area contributed by atoms with Crippen molar-refractivity contribution in [2.75, 3.05) is 0 Å². The third kappa shape index (κ3) is 2.57. The number of rotatable bonds is 3. The van der Waals surface area contributed by atoms with Crippen molar-refractivity contribution in [2.24, 2.45) is 0 Å². The fourth-order valence-corrected chi connectivity index (χ4v) is 1.44. The quantitative estimate of drug-likeness (QED) is 0.777. The Kier molecular flexibility index (Phi) is 3.00. The Labute approximate surface area is 96.3 Å². The minimum Gasteiger partial charge on any atom is -0.292 e. The van der Waals surface area contributed by atoms with Crippen molar-refractivity contribution < 1.29 is 4.79 Å². The average molecular weight is 230 g/mol. The Morgan fingerprint density at radius 3 is 2.47 bits per heavy atom. The van der Waals surface area contributed by atoms with Gasteiger partial charge in [-0.3, -0.25) is 19.5 Å². The van der Waals surface area contributed by atoms with Gasteiger partial charge < -0.3 is 0 Å². The van der Waals surface area contributed by atoms with Crippen LogP contribution >= 0.6 is 0 Å². The number of hydrogen-bond acceptors (Lipinski definition) is 3. The van der Waals surface area contributed by atoms with Gasteiger partial charge in [-0.15, -0.1) is 0 Å². The van der Waals surface area contributed by atoms with E-state index in [4.69, 9.17) is 0 Å². The van der Waals surface area contributed by atoms with Crippen molar-refractivity contribution >= 4 is 5.78 Å². The third-order valence-corrected chi connectivity index (χ3v) is 2.29. The lowest BCUT2D eigenvalue weighted by Crippen LogP contribution is -2.30. The standard InChI is InChI=1S/C12H10N2O3/c15-10(9-4-2-1-3-5-9)8-14-12(17)7-6-11(16)13-14/h1-7H,8H2,(H,13,16). The predicted octanol–water partition coefficient (Wildman–Crippen LogP) is 0.419. The number of aromatic amines is 1. The normalized spacial score (nSPS) is 10.1. The van der Waals surface area contributed by atoms with E-state index in [0.29, 0.717) is 5.56 Å². The van der Waals surface area contributed by atoms with Crippen LogP contribution in [0.25, 0.3) is 0 Å². The van der Waals surface area contributed by atoms with Gasteiger partial charge in [-0.1, -0.05) is 30.3 Å². The number of hydrogen-bond donors (Lipinski definition) is 1. The first-order valence-corrected chi connectivity index (χ1v) is 5.05. The number of nitrogens with zero attached hydrogens (tertiary/aromatic N) is 1. The van der Waals surface area contributed by atoms with Crippen LogP contribution < -0.4 is 11.1 Å². The summed E-state index contributed by atoms with van der Waals surface area (Å²) in [4.78, 5) is 34.2. The Morgan fingerprint density at radius 1 is 1.06 bits per heavy atom. The Balaban J connectivity index is 2.28. The molecule has 0 amide bonds. The van der Waals surface area contributed by atoms with E-state index >= 15 is 0 Å². The molecule has 0 aliphatic heterocycles. The van der Waals surface area contributed by atoms with Crippen LogP contribution in [0.15, 0.2) is 52.1 Å². The van der Waals surface area contributed by atoms with Crippen LogP contribution in [0.2, 0.25) is 0 Å². The molecule has 17 heavy (non-hydrogen) atoms. The van der Waals surface area contributed by atoms with E-state index in [1.54, 1.807) is 30.3 Å². The summed E-state index contributed by atoms with van der Waals surface area (Å²) in [6.07, 6.45) is 0. The Bertz CT molecular complexity index is 641. The van der Waals surface area contributed by atoms with Crippen LogP contribution in [0, 0.1) is 0 Å². The number of Topliss-reactive ketones (excluding diaryl/α,β-unsaturated/α-hetero) is 1. The minimum absolute atomic E-state index is 0.168. The Morgan fingerprint density at radius 2 is 1.76 bits per heavy atom. The van der Waals surface area contributed by atoms with E-state index in [0.717, 1.165) is 16.8 Å². The summed E-state index contributed by atoms with van der Waals surface area (Å²) in [6.45, 7) is -0.168. The lowest BCUT2D eigenvalue weighted by atomic mass is 10.1. The predicted molar refractivity (Wildman–Crippen MR) is 62.1 cm³/mol. The molecular weight excluding hydrogens is 220 g/mol. The SMILES string of the molecule is O=C(Cn1[nH]c(=O)ccc1=O)c1ccccc1. The number of carbonyl (C=O) groups is 1. The van der Waals surface area contributed by atoms with Gasteiger partial charge in [0.2, 0.25) is 0 Å². The molecule has 1 aromatic heterocycles. The molecule has 5 heteroatoms. The van der Waals surface area contributed by atoms with E-state index in [9.17, 15) is 14.4 Å². The van der Waals surface area contributed by atoms with Gasteiger partial charge in [0.1, 0.15) is 6.54 Å². The highest BCUT2D eigenvalue weighted by Crippen LogP contribution is 2.00. The monoisotopic (exact) mass is 230 g/mol. The molecule has 0 radical (unpaired) electrons. The number of ketones is 1. The van der Waals surface area contributed by atoms with Gasteiger partial charge in [0, 0.05) is 17.7 Å². The van der Waals surface area contributed by atoms with Crippen molar-refractivity contribution in [2.45, 2.75) is 6.54 Å². The van der Waals surface area contributed by atoms with Crippen LogP contribution in [-0.4, -0.2) is 15.6 Å². The average Bonchev–Trinajstić information content (AvgIpc) is 2.35. The fraction of sp³-hybridized carbons (Fsp3) is 0.0833. The molecule has 1 aromatic carbocycles. The summed E-state index contributed by atoms with van der Waals surface area (Å²) in [6, 6.07) is 10.9. The second-order valence-electron chi connectivity index (χ2n) is 3.52. The molecule has 5 nitrogen and oxygen atoms in total. The molecular formula is C12H10N2O3. The highest BCUT2D eigenvalue weighted by atomic mass is 16.2. The van der Waals surface area contributed by atoms with Crippen LogP contribution in [0.1, 0.15) is 10.4 Å². The highest BCUT2D eigenvalue weighted by Gasteiger charge is 2.07. The molecule has 0 saturated carbocycles. The van der Waals surface area contributed by atoms with Crippen molar-refractivity contribution in [3.8, 4) is 0 Å². The van der Waals surface area contributed by atoms with Gasteiger partial charge in [0.25, 0.3) is 11.1 Å². The van der Waals surface area contributed by atoms with Crippen molar-refractivity contribution in [1.29, 1.82) is 0 Å². The largest absolute Gasteiger partial charge is 0.292 e. The molecule has 0 aliphatic rings. The van der Waals surface area contributed by atoms with Gasteiger partial charge in [-0.05, 0) is 0 Å². The van der Waals surface area contributed by atoms with E-state index in [1.165, 1.54) is 0 Å². The van der Waals surface area contributed by atoms with Gasteiger partial charge in [-0.2, -0.15) is 0 Å². The summed E-state index contributed by atoms with van der Waals surface area (Å²) in [5.41, 5.74) is -0.316. The first-order chi connectivity index (χ1) is 8.16. The molecule has 0 bridgehead atoms. The highest BCUT2D eigenvalue weighted by molar-refractivity contribution is 5.95. The lowest BCUT2D eigenvalue weighted by molar-refractivity contribution is 0.0965. The zero-order chi connectivity index (χ0) is 12.3. The molecule has 0 unspecified atom stereocenters. The summed E-state index contributed by atoms with van der Waals surface area (Å²) in [5, 5.41) is 2.30. The number of carbonyl (C=O) groups excluding carboxylic acids is 1. The number of benzene rings is 1. The first-order valence-electron chi connectivity index (χ1n) is 5.05. The molecule has 0 saturated heterocycles. The van der Waals surface area contributed by atoms with Gasteiger partial charge >= 0.3 is 0 Å². The second-order valence-corrected chi connectivity index (χ2v) is 3.52. The summed E-state index contributed by atoms with van der Waals surface area (Å²) < 4.78 is 0.998. The third-order valence-electron chi connectivity index (χ3n) is 2.29. The zero-order valence-electron chi connectivity index (χ0n) is 8.92. The summed E-state index contributed by atoms with van der Waals surface area (Å²) >= 11 is 0. The molecule has 0 atom stereocenters. The summed E-state index contributed by atoms with van der Waals surface area (Å²) in [7, 11) is 0. The Hall–Kier alpha value is -2.43. The number of aromatic nitrogens is 2. The minimum atomic E-state index is -0.412. The zero-order valence-corrected chi connectivity index (χ0v) is 8.92. The topological polar surface area (TPSA) is 71.9 Å². The van der Waals surface area contributed by atoms with E-state index in [-0.39, 0.29) is 12.3 Å². The molecule has 1 heterocycles. The molecule has 1 N–H and O–H groups in total. The van der Waals surface area contributed by atoms with Crippen LogP contribution in [0.3, 0.4) is 0 Å². The summed E-state index contributed by atoms with van der Waals surface area (Å²) in [5.74, 6) is -0.227. The van der Waals surface area contributed by atoms with Crippen molar-refractivity contribution in [3.63, 3.8) is 0 Å². The maximum absolute atomic E-state index is 11.8. The van der Waals surface area contributed by atoms with E-state index in [2.05, 4.69) is 5.10 Å². The molecule has 0 aliphatic carbocycles. The second kappa shape index (κ2) is 4.61. The van der Waals surface area contributed by atoms with Crippen molar-refractivity contribution in [1.82, 2.24) is 9.78 Å². The maximum atomic E-state index is 11.8. The lowest BCUT2D eigenvalue weighted by Gasteiger charge is -2.03. The van der Waals surface area contributed by atoms with Gasteiger partial charge in [0.15, 0.2) is 5.78 Å². The fourth-order valence-electron chi connectivity index (χ4n) is 1.44. The van der Waals surface area contributed by atoms with Crippen molar-refractivity contribution in [3.05, 3.63) is 68.7 Å². The molecule has 0 spiro atoms. The maximum Gasteiger partial charge on any atom is 0.265 e. The van der Waals surface area contributed by atoms with Gasteiger partial charge in [0.05, 0.1) is 0 Å². The smallest absolute Gasteiger partial charge is 0.265 e. The first kappa shape index (κ1) is 11.1. The van der Waals surface area contributed by atoms with Gasteiger partial charge in [-0.25, -0.2) is 4.68 Å². The van der Waals surface area contributed by atoms with Crippen LogP contribution in [-0.2, 0) is 6.54 Å². The number of H-pyrrole nitrogens is 1. The molecule has 0 fully saturated rings. The van der Waals surface area contributed by atoms with Crippen LogP contribution in [0.5, 0.6) is 0 Å². The molecule has 86 valence electrons. The van der Waals surface area contributed by atoms with E-state index < -0.39 is 11.1 Å². The van der Waals surface area contributed by atoms with E-state index in [1.807, 2.05) is 0 Å². The molecule has 2 rings (SSSR count). The molecule has 2 aromatic rings. The number of nitrogens with one attached hydrogen (secondary N) is 1.